The molecule has 1 rings (SSSR count). The summed E-state index contributed by atoms with van der Waals surface area (Å²) >= 11 is 0. The summed E-state index contributed by atoms with van der Waals surface area (Å²) in [5, 5.41) is 1.11. The number of hydrogen-bond acceptors (Lipinski definition) is 6. The average molecular weight is 258 g/mol. The second kappa shape index (κ2) is 5.82. The van der Waals surface area contributed by atoms with E-state index in [0.29, 0.717) is 0 Å². The van der Waals surface area contributed by atoms with Gasteiger partial charge in [0.2, 0.25) is 0 Å². The SMILES string of the molecule is O=C(N=S(=O)=O)ON1CC(COC(F)F)C1. The molecule has 0 spiro atoms. The van der Waals surface area contributed by atoms with Crippen LogP contribution in [0.15, 0.2) is 4.36 Å². The fraction of sp³-hybridized carbons (Fsp3) is 0.833. The highest BCUT2D eigenvalue weighted by molar-refractivity contribution is 7.62. The molecule has 1 aliphatic heterocycles. The highest BCUT2D eigenvalue weighted by atomic mass is 32.2. The normalized spacial score (nSPS) is 16.9. The van der Waals surface area contributed by atoms with Crippen LogP contribution in [0, 0.1) is 5.92 Å². The molecule has 10 heteroatoms. The van der Waals surface area contributed by atoms with Gasteiger partial charge in [0.05, 0.1) is 6.61 Å². The van der Waals surface area contributed by atoms with Crippen LogP contribution < -0.4 is 0 Å². The molecule has 0 N–H and O–H groups in total. The molecule has 0 bridgehead atoms. The number of amides is 1. The Hall–Kier alpha value is -1.13. The van der Waals surface area contributed by atoms with Crippen molar-refractivity contribution in [2.45, 2.75) is 6.61 Å². The van der Waals surface area contributed by atoms with Gasteiger partial charge in [-0.1, -0.05) is 4.36 Å². The lowest BCUT2D eigenvalue weighted by Gasteiger charge is -2.35. The first-order valence-corrected chi connectivity index (χ1v) is 5.18. The standard InChI is InChI=1S/C6H8F2N2O5S/c7-5(8)14-3-4-1-10(2-4)15-6(11)9-16(12)13/h4-5H,1-3H2. The predicted octanol–water partition coefficient (Wildman–Crippen LogP) is 0.272. The second-order valence-electron chi connectivity index (χ2n) is 2.97. The van der Waals surface area contributed by atoms with Gasteiger partial charge in [0.1, 0.15) is 0 Å². The maximum Gasteiger partial charge on any atom is 0.467 e. The summed E-state index contributed by atoms with van der Waals surface area (Å²) in [6, 6.07) is 0. The van der Waals surface area contributed by atoms with Gasteiger partial charge in [0.25, 0.3) is 0 Å². The van der Waals surface area contributed by atoms with Crippen LogP contribution in [0.25, 0.3) is 0 Å². The average Bonchev–Trinajstić information content (AvgIpc) is 2.06. The summed E-state index contributed by atoms with van der Waals surface area (Å²) in [6.45, 7) is -2.55. The van der Waals surface area contributed by atoms with Crippen molar-refractivity contribution in [3.63, 3.8) is 0 Å². The highest BCUT2D eigenvalue weighted by Crippen LogP contribution is 2.17. The van der Waals surface area contributed by atoms with Crippen LogP contribution in [0.3, 0.4) is 0 Å². The Morgan fingerprint density at radius 3 is 2.62 bits per heavy atom. The molecule has 0 radical (unpaired) electrons. The summed E-state index contributed by atoms with van der Waals surface area (Å²) in [7, 11) is -2.86. The van der Waals surface area contributed by atoms with Crippen molar-refractivity contribution in [1.29, 1.82) is 0 Å². The van der Waals surface area contributed by atoms with Gasteiger partial charge in [-0.2, -0.15) is 17.2 Å². The minimum absolute atomic E-state index is 0.143. The summed E-state index contributed by atoms with van der Waals surface area (Å²) in [6.07, 6.45) is -1.26. The number of hydrogen-bond donors (Lipinski definition) is 0. The van der Waals surface area contributed by atoms with Crippen LogP contribution in [-0.4, -0.2) is 45.9 Å². The molecule has 0 aliphatic carbocycles. The van der Waals surface area contributed by atoms with Crippen molar-refractivity contribution in [3.05, 3.63) is 0 Å². The van der Waals surface area contributed by atoms with Crippen molar-refractivity contribution in [3.8, 4) is 0 Å². The largest absolute Gasteiger partial charge is 0.467 e. The number of nitrogens with zero attached hydrogens (tertiary/aromatic N) is 2. The Bertz CT molecular complexity index is 370. The maximum atomic E-state index is 11.6. The van der Waals surface area contributed by atoms with Crippen molar-refractivity contribution < 1.29 is 31.6 Å². The lowest BCUT2D eigenvalue weighted by atomic mass is 10.1. The zero-order valence-corrected chi connectivity index (χ0v) is 8.69. The van der Waals surface area contributed by atoms with E-state index in [1.54, 1.807) is 0 Å². The molecule has 1 saturated heterocycles. The third-order valence-electron chi connectivity index (χ3n) is 1.74. The third kappa shape index (κ3) is 4.59. The fourth-order valence-corrected chi connectivity index (χ4v) is 1.25. The molecular formula is C6H8F2N2O5S. The molecule has 0 aromatic carbocycles. The molecule has 7 nitrogen and oxygen atoms in total. The zero-order chi connectivity index (χ0) is 12.1. The van der Waals surface area contributed by atoms with E-state index < -0.39 is 23.2 Å². The van der Waals surface area contributed by atoms with E-state index >= 15 is 0 Å². The molecule has 0 unspecified atom stereocenters. The predicted molar refractivity (Wildman–Crippen MR) is 44.8 cm³/mol. The first-order valence-electron chi connectivity index (χ1n) is 4.15. The van der Waals surface area contributed by atoms with Gasteiger partial charge in [-0.3, -0.25) is 0 Å². The van der Waals surface area contributed by atoms with E-state index in [9.17, 15) is 22.0 Å². The Morgan fingerprint density at radius 1 is 1.50 bits per heavy atom. The highest BCUT2D eigenvalue weighted by Gasteiger charge is 2.30. The van der Waals surface area contributed by atoms with Crippen LogP contribution in [0.2, 0.25) is 0 Å². The number of alkyl halides is 2. The van der Waals surface area contributed by atoms with E-state index in [0.717, 1.165) is 5.06 Å². The van der Waals surface area contributed by atoms with Crippen LogP contribution in [0.5, 0.6) is 0 Å². The van der Waals surface area contributed by atoms with Crippen LogP contribution in [-0.2, 0) is 20.1 Å². The number of ether oxygens (including phenoxy) is 1. The van der Waals surface area contributed by atoms with Crippen molar-refractivity contribution in [1.82, 2.24) is 5.06 Å². The Kier molecular flexibility index (Phi) is 4.71. The van der Waals surface area contributed by atoms with Gasteiger partial charge in [-0.05, 0) is 0 Å². The number of rotatable bonds is 4. The van der Waals surface area contributed by atoms with Crippen molar-refractivity contribution >= 4 is 16.6 Å². The summed E-state index contributed by atoms with van der Waals surface area (Å²) in [5.41, 5.74) is 0. The molecule has 0 atom stereocenters. The molecule has 1 heterocycles. The fourth-order valence-electron chi connectivity index (χ4n) is 1.10. The molecule has 0 saturated carbocycles. The van der Waals surface area contributed by atoms with Crippen LogP contribution in [0.1, 0.15) is 0 Å². The molecule has 0 aromatic heterocycles. The first kappa shape index (κ1) is 12.9. The summed E-state index contributed by atoms with van der Waals surface area (Å²) in [5.74, 6) is -0.167. The number of carbonyl (C=O) groups excluding carboxylic acids is 1. The van der Waals surface area contributed by atoms with Crippen molar-refractivity contribution in [2.24, 2.45) is 10.3 Å². The minimum atomic E-state index is -2.86. The van der Waals surface area contributed by atoms with E-state index in [1.165, 1.54) is 0 Å². The summed E-state index contributed by atoms with van der Waals surface area (Å²) in [4.78, 5) is 15.1. The second-order valence-corrected chi connectivity index (χ2v) is 3.59. The smallest absolute Gasteiger partial charge is 0.349 e. The lowest BCUT2D eigenvalue weighted by molar-refractivity contribution is -0.202. The van der Waals surface area contributed by atoms with Gasteiger partial charge in [-0.25, -0.2) is 4.79 Å². The molecule has 16 heavy (non-hydrogen) atoms. The van der Waals surface area contributed by atoms with Gasteiger partial charge in [0.15, 0.2) is 0 Å². The van der Waals surface area contributed by atoms with E-state index in [4.69, 9.17) is 0 Å². The lowest BCUT2D eigenvalue weighted by Crippen LogP contribution is -2.49. The van der Waals surface area contributed by atoms with E-state index in [1.807, 2.05) is 0 Å². The quantitative estimate of drug-likeness (QED) is 0.719. The van der Waals surface area contributed by atoms with Crippen LogP contribution in [0.4, 0.5) is 13.6 Å². The van der Waals surface area contributed by atoms with E-state index in [2.05, 4.69) is 13.9 Å². The zero-order valence-electron chi connectivity index (χ0n) is 7.88. The minimum Gasteiger partial charge on any atom is -0.349 e. The first-order chi connectivity index (χ1) is 7.47. The molecular weight excluding hydrogens is 250 g/mol. The molecule has 1 amide bonds. The Labute approximate surface area is 90.6 Å². The number of carbonyl (C=O) groups is 1. The Balaban J connectivity index is 2.17. The van der Waals surface area contributed by atoms with Gasteiger partial charge in [-0.15, -0.1) is 5.06 Å². The molecule has 0 aromatic rings. The Morgan fingerprint density at radius 2 is 2.12 bits per heavy atom. The van der Waals surface area contributed by atoms with Gasteiger partial charge in [0, 0.05) is 19.0 Å². The van der Waals surface area contributed by atoms with Gasteiger partial charge >= 0.3 is 23.2 Å². The number of halogens is 2. The maximum absolute atomic E-state index is 11.6. The molecule has 1 fully saturated rings. The molecule has 92 valence electrons. The number of hydroxylamine groups is 2. The van der Waals surface area contributed by atoms with Crippen LogP contribution >= 0.6 is 0 Å². The van der Waals surface area contributed by atoms with E-state index in [-0.39, 0.29) is 25.6 Å². The van der Waals surface area contributed by atoms with Gasteiger partial charge < -0.3 is 9.57 Å². The molecule has 1 aliphatic rings. The monoisotopic (exact) mass is 258 g/mol. The third-order valence-corrected chi connectivity index (χ3v) is 2.04. The topological polar surface area (TPSA) is 85.3 Å². The summed E-state index contributed by atoms with van der Waals surface area (Å²) < 4.78 is 49.7. The van der Waals surface area contributed by atoms with Crippen molar-refractivity contribution in [2.75, 3.05) is 19.7 Å².